The summed E-state index contributed by atoms with van der Waals surface area (Å²) in [5, 5.41) is 16.5. The standard InChI is InChI=1S/C26H38N6O5/c1-4-36-26(34)32-11-9-31(10-12-32)25-18(2)23(28-20-8-13-35-16-20)29-24(30-25)19-6-5-7-22(14-19)37-17-21(33)15-27-3/h5-7,14,20-21,27,33H,4,8-13,15-17H2,1-3H3,(H,28,29,30). The Morgan fingerprint density at radius 2 is 2.08 bits per heavy atom. The second kappa shape index (κ2) is 12.9. The first-order valence-electron chi connectivity index (χ1n) is 12.9. The number of nitrogens with zero attached hydrogens (tertiary/aromatic N) is 4. The van der Waals surface area contributed by atoms with Gasteiger partial charge in [0, 0.05) is 50.5 Å². The van der Waals surface area contributed by atoms with Crippen molar-refractivity contribution in [1.82, 2.24) is 20.2 Å². The highest BCUT2D eigenvalue weighted by Crippen LogP contribution is 2.31. The zero-order valence-electron chi connectivity index (χ0n) is 21.9. The molecule has 0 saturated carbocycles. The molecule has 202 valence electrons. The molecule has 2 aliphatic heterocycles. The number of benzene rings is 1. The van der Waals surface area contributed by atoms with E-state index in [1.165, 1.54) is 0 Å². The number of ether oxygens (including phenoxy) is 3. The Morgan fingerprint density at radius 3 is 2.78 bits per heavy atom. The molecule has 0 spiro atoms. The van der Waals surface area contributed by atoms with Crippen LogP contribution in [-0.4, -0.2) is 104 Å². The summed E-state index contributed by atoms with van der Waals surface area (Å²) in [5.74, 6) is 2.83. The number of rotatable bonds is 10. The van der Waals surface area contributed by atoms with Crippen LogP contribution < -0.4 is 20.3 Å². The summed E-state index contributed by atoms with van der Waals surface area (Å²) in [6, 6.07) is 7.79. The number of carbonyl (C=O) groups is 1. The molecule has 37 heavy (non-hydrogen) atoms. The van der Waals surface area contributed by atoms with Crippen LogP contribution in [0.1, 0.15) is 18.9 Å². The lowest BCUT2D eigenvalue weighted by Crippen LogP contribution is -2.49. The van der Waals surface area contributed by atoms with Crippen molar-refractivity contribution >= 4 is 17.7 Å². The zero-order chi connectivity index (χ0) is 26.2. The monoisotopic (exact) mass is 514 g/mol. The maximum atomic E-state index is 12.2. The van der Waals surface area contributed by atoms with E-state index < -0.39 is 6.10 Å². The number of aromatic nitrogens is 2. The van der Waals surface area contributed by atoms with E-state index in [2.05, 4.69) is 15.5 Å². The van der Waals surface area contributed by atoms with Crippen molar-refractivity contribution in [3.63, 3.8) is 0 Å². The fraction of sp³-hybridized carbons (Fsp3) is 0.577. The minimum Gasteiger partial charge on any atom is -0.491 e. The Hall–Kier alpha value is -3.15. The van der Waals surface area contributed by atoms with Gasteiger partial charge in [-0.2, -0.15) is 0 Å². The summed E-state index contributed by atoms with van der Waals surface area (Å²) in [5.41, 5.74) is 1.78. The van der Waals surface area contributed by atoms with Crippen LogP contribution in [0.2, 0.25) is 0 Å². The average Bonchev–Trinajstić information content (AvgIpc) is 3.42. The molecule has 1 aromatic carbocycles. The van der Waals surface area contributed by atoms with Gasteiger partial charge in [-0.05, 0) is 39.4 Å². The molecule has 3 heterocycles. The molecule has 4 rings (SSSR count). The van der Waals surface area contributed by atoms with E-state index in [0.717, 1.165) is 35.8 Å². The highest BCUT2D eigenvalue weighted by Gasteiger charge is 2.26. The first-order valence-corrected chi connectivity index (χ1v) is 12.9. The lowest BCUT2D eigenvalue weighted by atomic mass is 10.1. The minimum atomic E-state index is -0.603. The van der Waals surface area contributed by atoms with Gasteiger partial charge in [-0.1, -0.05) is 12.1 Å². The summed E-state index contributed by atoms with van der Waals surface area (Å²) in [7, 11) is 1.79. The summed E-state index contributed by atoms with van der Waals surface area (Å²) >= 11 is 0. The number of amides is 1. The lowest BCUT2D eigenvalue weighted by molar-refractivity contribution is 0.105. The van der Waals surface area contributed by atoms with Crippen molar-refractivity contribution in [2.75, 3.05) is 76.4 Å². The molecule has 0 bridgehead atoms. The van der Waals surface area contributed by atoms with Crippen LogP contribution in [0.25, 0.3) is 11.4 Å². The van der Waals surface area contributed by atoms with Gasteiger partial charge in [0.1, 0.15) is 30.1 Å². The van der Waals surface area contributed by atoms with E-state index in [9.17, 15) is 9.90 Å². The second-order valence-corrected chi connectivity index (χ2v) is 9.27. The Kier molecular flexibility index (Phi) is 9.37. The van der Waals surface area contributed by atoms with Gasteiger partial charge in [-0.3, -0.25) is 0 Å². The first-order chi connectivity index (χ1) is 18.0. The number of nitrogens with one attached hydrogen (secondary N) is 2. The van der Waals surface area contributed by atoms with E-state index in [-0.39, 0.29) is 18.7 Å². The lowest BCUT2D eigenvalue weighted by Gasteiger charge is -2.35. The second-order valence-electron chi connectivity index (χ2n) is 9.27. The van der Waals surface area contributed by atoms with Gasteiger partial charge in [0.2, 0.25) is 0 Å². The highest BCUT2D eigenvalue weighted by atomic mass is 16.6. The fourth-order valence-electron chi connectivity index (χ4n) is 4.45. The molecule has 11 heteroatoms. The van der Waals surface area contributed by atoms with E-state index in [1.54, 1.807) is 11.9 Å². The predicted molar refractivity (Wildman–Crippen MR) is 141 cm³/mol. The first kappa shape index (κ1) is 26.9. The molecule has 2 aromatic rings. The number of anilines is 2. The Morgan fingerprint density at radius 1 is 1.27 bits per heavy atom. The molecule has 2 unspecified atom stereocenters. The minimum absolute atomic E-state index is 0.184. The summed E-state index contributed by atoms with van der Waals surface area (Å²) < 4.78 is 16.5. The molecule has 2 aliphatic rings. The molecule has 3 N–H and O–H groups in total. The van der Waals surface area contributed by atoms with Crippen molar-refractivity contribution in [2.45, 2.75) is 32.4 Å². The van der Waals surface area contributed by atoms with Crippen LogP contribution in [0.4, 0.5) is 16.4 Å². The molecule has 2 saturated heterocycles. The molecule has 0 aliphatic carbocycles. The predicted octanol–water partition coefficient (Wildman–Crippen LogP) is 1.89. The van der Waals surface area contributed by atoms with E-state index >= 15 is 0 Å². The number of carbonyl (C=O) groups excluding carboxylic acids is 1. The third-order valence-electron chi connectivity index (χ3n) is 6.47. The van der Waals surface area contributed by atoms with Crippen LogP contribution in [0.3, 0.4) is 0 Å². The molecule has 2 fully saturated rings. The van der Waals surface area contributed by atoms with Crippen molar-refractivity contribution in [3.05, 3.63) is 29.8 Å². The number of aliphatic hydroxyl groups is 1. The van der Waals surface area contributed by atoms with Gasteiger partial charge in [0.15, 0.2) is 5.82 Å². The molecule has 0 radical (unpaired) electrons. The maximum Gasteiger partial charge on any atom is 0.409 e. The summed E-state index contributed by atoms with van der Waals surface area (Å²) in [6.45, 7) is 8.64. The van der Waals surface area contributed by atoms with E-state index in [1.807, 2.05) is 38.1 Å². The van der Waals surface area contributed by atoms with E-state index in [4.69, 9.17) is 24.2 Å². The zero-order valence-corrected chi connectivity index (χ0v) is 21.9. The number of piperazine rings is 1. The number of hydrogen-bond acceptors (Lipinski definition) is 10. The number of aliphatic hydroxyl groups excluding tert-OH is 1. The van der Waals surface area contributed by atoms with Crippen LogP contribution in [0.5, 0.6) is 5.75 Å². The largest absolute Gasteiger partial charge is 0.491 e. The quantitative estimate of drug-likeness (QED) is 0.433. The molecule has 1 amide bonds. The number of likely N-dealkylation sites (N-methyl/N-ethyl adjacent to an activating group) is 1. The van der Waals surface area contributed by atoms with E-state index in [0.29, 0.717) is 57.5 Å². The van der Waals surface area contributed by atoms with Gasteiger partial charge >= 0.3 is 6.09 Å². The summed E-state index contributed by atoms with van der Waals surface area (Å²) in [6.07, 6.45) is 0.0426. The average molecular weight is 515 g/mol. The molecule has 11 nitrogen and oxygen atoms in total. The maximum absolute atomic E-state index is 12.2. The fourth-order valence-corrected chi connectivity index (χ4v) is 4.45. The third-order valence-corrected chi connectivity index (χ3v) is 6.47. The van der Waals surface area contributed by atoms with Crippen LogP contribution in [0, 0.1) is 6.92 Å². The number of hydrogen-bond donors (Lipinski definition) is 3. The van der Waals surface area contributed by atoms with Gasteiger partial charge in [0.25, 0.3) is 0 Å². The van der Waals surface area contributed by atoms with Gasteiger partial charge in [-0.15, -0.1) is 0 Å². The van der Waals surface area contributed by atoms with Crippen LogP contribution >= 0.6 is 0 Å². The topological polar surface area (TPSA) is 121 Å². The Labute approximate surface area is 218 Å². The smallest absolute Gasteiger partial charge is 0.409 e. The van der Waals surface area contributed by atoms with Crippen LogP contribution in [0.15, 0.2) is 24.3 Å². The van der Waals surface area contributed by atoms with Gasteiger partial charge < -0.3 is 39.8 Å². The van der Waals surface area contributed by atoms with Crippen LogP contribution in [-0.2, 0) is 9.47 Å². The molecule has 2 atom stereocenters. The highest BCUT2D eigenvalue weighted by molar-refractivity contribution is 5.69. The van der Waals surface area contributed by atoms with Crippen molar-refractivity contribution in [1.29, 1.82) is 0 Å². The van der Waals surface area contributed by atoms with Crippen molar-refractivity contribution in [3.8, 4) is 17.1 Å². The van der Waals surface area contributed by atoms with Gasteiger partial charge in [-0.25, -0.2) is 14.8 Å². The Balaban J connectivity index is 1.59. The molecule has 1 aromatic heterocycles. The molecular formula is C26H38N6O5. The third kappa shape index (κ3) is 7.00. The van der Waals surface area contributed by atoms with Crippen molar-refractivity contribution < 1.29 is 24.1 Å². The normalized spacial score (nSPS) is 18.5. The van der Waals surface area contributed by atoms with Gasteiger partial charge in [0.05, 0.1) is 19.3 Å². The SMILES string of the molecule is CCOC(=O)N1CCN(c2nc(-c3cccc(OCC(O)CNC)c3)nc(NC3CCOC3)c2C)CC1. The summed E-state index contributed by atoms with van der Waals surface area (Å²) in [4.78, 5) is 26.0. The van der Waals surface area contributed by atoms with Crippen molar-refractivity contribution in [2.24, 2.45) is 0 Å². The molecular weight excluding hydrogens is 476 g/mol. The Bertz CT molecular complexity index is 1040.